The van der Waals surface area contributed by atoms with Crippen molar-refractivity contribution in [3.05, 3.63) is 53.1 Å². The monoisotopic (exact) mass is 411 g/mol. The van der Waals surface area contributed by atoms with Crippen LogP contribution in [0.2, 0.25) is 0 Å². The molecular weight excluding hydrogens is 382 g/mol. The van der Waals surface area contributed by atoms with Crippen LogP contribution < -0.4 is 20.1 Å². The van der Waals surface area contributed by atoms with Gasteiger partial charge in [0.1, 0.15) is 11.5 Å². The average Bonchev–Trinajstić information content (AvgIpc) is 3.27. The maximum Gasteiger partial charge on any atom is 0.258 e. The van der Waals surface area contributed by atoms with Gasteiger partial charge in [0.2, 0.25) is 5.96 Å². The van der Waals surface area contributed by atoms with Crippen molar-refractivity contribution >= 4 is 17.6 Å². The third-order valence-electron chi connectivity index (χ3n) is 4.96. The van der Waals surface area contributed by atoms with Crippen molar-refractivity contribution < 1.29 is 19.0 Å². The standard InChI is InChI=1S/C23H29N3O4/c1-15-7-8-21(16(2)10-15)25-23(24-14-18-6-5-9-30-18)26-22(27)17-11-19(28-3)13-20(12-17)29-4/h7-8,10-13,18H,5-6,9,14H2,1-4H3,(H2,24,25,26,27). The summed E-state index contributed by atoms with van der Waals surface area (Å²) in [5.41, 5.74) is 3.54. The smallest absolute Gasteiger partial charge is 0.258 e. The van der Waals surface area contributed by atoms with Crippen LogP contribution in [0.4, 0.5) is 5.69 Å². The molecule has 2 aromatic carbocycles. The highest BCUT2D eigenvalue weighted by Crippen LogP contribution is 2.22. The zero-order valence-corrected chi connectivity index (χ0v) is 18.0. The van der Waals surface area contributed by atoms with Gasteiger partial charge in [-0.15, -0.1) is 0 Å². The molecule has 1 atom stereocenters. The number of benzene rings is 2. The van der Waals surface area contributed by atoms with Gasteiger partial charge in [0.25, 0.3) is 5.91 Å². The van der Waals surface area contributed by atoms with Gasteiger partial charge < -0.3 is 19.5 Å². The zero-order valence-electron chi connectivity index (χ0n) is 18.0. The summed E-state index contributed by atoms with van der Waals surface area (Å²) in [5, 5.41) is 6.14. The minimum atomic E-state index is -0.310. The van der Waals surface area contributed by atoms with Crippen molar-refractivity contribution in [1.29, 1.82) is 0 Å². The molecule has 0 spiro atoms. The van der Waals surface area contributed by atoms with E-state index >= 15 is 0 Å². The van der Waals surface area contributed by atoms with Crippen LogP contribution in [0.5, 0.6) is 11.5 Å². The number of anilines is 1. The van der Waals surface area contributed by atoms with Gasteiger partial charge in [-0.05, 0) is 50.5 Å². The van der Waals surface area contributed by atoms with Crippen molar-refractivity contribution in [3.8, 4) is 11.5 Å². The molecule has 2 aromatic rings. The third-order valence-corrected chi connectivity index (χ3v) is 4.96. The minimum absolute atomic E-state index is 0.0785. The normalized spacial score (nSPS) is 16.3. The number of hydrogen-bond donors (Lipinski definition) is 2. The molecule has 1 saturated heterocycles. The number of aliphatic imine (C=N–C) groups is 1. The average molecular weight is 412 g/mol. The highest BCUT2D eigenvalue weighted by molar-refractivity contribution is 6.10. The maximum absolute atomic E-state index is 12.9. The van der Waals surface area contributed by atoms with Gasteiger partial charge in [0, 0.05) is 23.9 Å². The molecule has 1 unspecified atom stereocenters. The van der Waals surface area contributed by atoms with Crippen molar-refractivity contribution in [3.63, 3.8) is 0 Å². The van der Waals surface area contributed by atoms with E-state index in [0.29, 0.717) is 29.6 Å². The first-order valence-electron chi connectivity index (χ1n) is 10.0. The number of aryl methyl sites for hydroxylation is 2. The lowest BCUT2D eigenvalue weighted by molar-refractivity contribution is 0.0975. The van der Waals surface area contributed by atoms with Crippen molar-refractivity contribution in [2.45, 2.75) is 32.8 Å². The third kappa shape index (κ3) is 5.73. The first-order chi connectivity index (χ1) is 14.5. The number of guanidine groups is 1. The van der Waals surface area contributed by atoms with Crippen molar-refractivity contribution in [2.24, 2.45) is 4.99 Å². The van der Waals surface area contributed by atoms with E-state index in [1.54, 1.807) is 32.4 Å². The summed E-state index contributed by atoms with van der Waals surface area (Å²) >= 11 is 0. The number of rotatable bonds is 6. The van der Waals surface area contributed by atoms with Gasteiger partial charge in [-0.1, -0.05) is 17.7 Å². The number of ether oxygens (including phenoxy) is 3. The summed E-state index contributed by atoms with van der Waals surface area (Å²) in [4.78, 5) is 17.5. The van der Waals surface area contributed by atoms with Crippen LogP contribution in [0.25, 0.3) is 0 Å². The molecule has 0 aromatic heterocycles. The molecule has 1 aliphatic rings. The number of nitrogens with zero attached hydrogens (tertiary/aromatic N) is 1. The van der Waals surface area contributed by atoms with Gasteiger partial charge >= 0.3 is 0 Å². The van der Waals surface area contributed by atoms with Crippen molar-refractivity contribution in [2.75, 3.05) is 32.7 Å². The SMILES string of the molecule is COc1cc(OC)cc(C(=O)NC(=NCC2CCCO2)Nc2ccc(C)cc2C)c1. The molecule has 0 saturated carbocycles. The van der Waals surface area contributed by atoms with Gasteiger partial charge in [-0.3, -0.25) is 10.1 Å². The molecule has 1 aliphatic heterocycles. The summed E-state index contributed by atoms with van der Waals surface area (Å²) in [6, 6.07) is 11.1. The van der Waals surface area contributed by atoms with Gasteiger partial charge in [0.15, 0.2) is 0 Å². The molecule has 1 heterocycles. The summed E-state index contributed by atoms with van der Waals surface area (Å²) in [5.74, 6) is 1.15. The summed E-state index contributed by atoms with van der Waals surface area (Å²) in [6.45, 7) is 5.30. The largest absolute Gasteiger partial charge is 0.497 e. The number of nitrogens with one attached hydrogen (secondary N) is 2. The summed E-state index contributed by atoms with van der Waals surface area (Å²) in [6.07, 6.45) is 2.09. The first kappa shape index (κ1) is 21.6. The molecule has 30 heavy (non-hydrogen) atoms. The van der Waals surface area contributed by atoms with Crippen LogP contribution in [0.15, 0.2) is 41.4 Å². The number of hydrogen-bond acceptors (Lipinski definition) is 5. The topological polar surface area (TPSA) is 81.2 Å². The molecule has 1 amide bonds. The molecule has 2 N–H and O–H groups in total. The second kappa shape index (κ2) is 10.1. The van der Waals surface area contributed by atoms with E-state index < -0.39 is 0 Å². The summed E-state index contributed by atoms with van der Waals surface area (Å²) < 4.78 is 16.2. The molecule has 0 bridgehead atoms. The maximum atomic E-state index is 12.9. The Balaban J connectivity index is 1.82. The van der Waals surface area contributed by atoms with E-state index in [4.69, 9.17) is 14.2 Å². The molecule has 7 heteroatoms. The lowest BCUT2D eigenvalue weighted by Gasteiger charge is -2.16. The predicted molar refractivity (Wildman–Crippen MR) is 118 cm³/mol. The van der Waals surface area contributed by atoms with E-state index in [0.717, 1.165) is 30.7 Å². The Labute approximate surface area is 177 Å². The van der Waals surface area contributed by atoms with E-state index in [2.05, 4.69) is 21.7 Å². The fraction of sp³-hybridized carbons (Fsp3) is 0.391. The highest BCUT2D eigenvalue weighted by atomic mass is 16.5. The Morgan fingerprint density at radius 2 is 1.87 bits per heavy atom. The number of methoxy groups -OCH3 is 2. The fourth-order valence-electron chi connectivity index (χ4n) is 3.29. The Bertz CT molecular complexity index is 898. The number of amides is 1. The van der Waals surface area contributed by atoms with Crippen LogP contribution >= 0.6 is 0 Å². The fourth-order valence-corrected chi connectivity index (χ4v) is 3.29. The molecule has 0 aliphatic carbocycles. The molecular formula is C23H29N3O4. The van der Waals surface area contributed by atoms with E-state index in [1.165, 1.54) is 5.56 Å². The quantitative estimate of drug-likeness (QED) is 0.560. The van der Waals surface area contributed by atoms with Gasteiger partial charge in [0.05, 0.1) is 26.9 Å². The molecule has 7 nitrogen and oxygen atoms in total. The zero-order chi connectivity index (χ0) is 21.5. The lowest BCUT2D eigenvalue weighted by Crippen LogP contribution is -2.37. The Kier molecular flexibility index (Phi) is 7.30. The van der Waals surface area contributed by atoms with Crippen LogP contribution in [0, 0.1) is 13.8 Å². The van der Waals surface area contributed by atoms with Crippen LogP contribution in [0.1, 0.15) is 34.3 Å². The Morgan fingerprint density at radius 3 is 2.47 bits per heavy atom. The molecule has 3 rings (SSSR count). The second-order valence-electron chi connectivity index (χ2n) is 7.32. The molecule has 160 valence electrons. The minimum Gasteiger partial charge on any atom is -0.497 e. The Hall–Kier alpha value is -3.06. The van der Waals surface area contributed by atoms with E-state index in [-0.39, 0.29) is 12.0 Å². The molecule has 1 fully saturated rings. The van der Waals surface area contributed by atoms with Crippen molar-refractivity contribution in [1.82, 2.24) is 5.32 Å². The van der Waals surface area contributed by atoms with Crippen LogP contribution in [0.3, 0.4) is 0 Å². The number of carbonyl (C=O) groups is 1. The second-order valence-corrected chi connectivity index (χ2v) is 7.32. The first-order valence-corrected chi connectivity index (χ1v) is 10.0. The number of carbonyl (C=O) groups excluding carboxylic acids is 1. The predicted octanol–water partition coefficient (Wildman–Crippen LogP) is 3.70. The van der Waals surface area contributed by atoms with E-state index in [9.17, 15) is 4.79 Å². The van der Waals surface area contributed by atoms with Gasteiger partial charge in [-0.2, -0.15) is 0 Å². The highest BCUT2D eigenvalue weighted by Gasteiger charge is 2.17. The summed E-state index contributed by atoms with van der Waals surface area (Å²) in [7, 11) is 3.10. The van der Waals surface area contributed by atoms with Crippen LogP contribution in [-0.4, -0.2) is 45.3 Å². The Morgan fingerprint density at radius 1 is 1.13 bits per heavy atom. The van der Waals surface area contributed by atoms with E-state index in [1.807, 2.05) is 26.0 Å². The molecule has 0 radical (unpaired) electrons. The van der Waals surface area contributed by atoms with Gasteiger partial charge in [-0.25, -0.2) is 4.99 Å². The van der Waals surface area contributed by atoms with Crippen LogP contribution in [-0.2, 0) is 4.74 Å². The lowest BCUT2D eigenvalue weighted by atomic mass is 10.1.